The summed E-state index contributed by atoms with van der Waals surface area (Å²) in [5, 5.41) is 4.46. The molecule has 0 amide bonds. The maximum atomic E-state index is 2.52. The molecular formula is C34H22N2S2. The van der Waals surface area contributed by atoms with E-state index in [1.807, 2.05) is 23.1 Å². The number of fused-ring (bicyclic) bond motifs is 10. The van der Waals surface area contributed by atoms with Crippen LogP contribution in [0.15, 0.2) is 126 Å². The molecule has 2 atom stereocenters. The third-order valence-corrected chi connectivity index (χ3v) is 10.6. The van der Waals surface area contributed by atoms with Gasteiger partial charge < -0.3 is 9.13 Å². The Balaban J connectivity index is 1.34. The molecule has 3 aromatic heterocycles. The van der Waals surface area contributed by atoms with Crippen LogP contribution < -0.4 is 0 Å². The molecule has 1 aliphatic heterocycles. The molecule has 180 valence electrons. The van der Waals surface area contributed by atoms with Crippen molar-refractivity contribution in [1.82, 2.24) is 9.13 Å². The monoisotopic (exact) mass is 522 g/mol. The number of thioether (sulfide) groups is 1. The molecule has 0 saturated heterocycles. The van der Waals surface area contributed by atoms with E-state index in [1.54, 1.807) is 0 Å². The van der Waals surface area contributed by atoms with Crippen LogP contribution in [0, 0.1) is 0 Å². The van der Waals surface area contributed by atoms with Gasteiger partial charge in [0.1, 0.15) is 0 Å². The van der Waals surface area contributed by atoms with Gasteiger partial charge in [-0.15, -0.1) is 23.1 Å². The van der Waals surface area contributed by atoms with Gasteiger partial charge in [-0.3, -0.25) is 0 Å². The standard InChI is InChI=1S/C34H22N2S2/c1-5-16-27-23(12-1)33-31(25-14-3-7-18-29(25)37-33)35(27)21-10-9-11-22(20-21)36-28-17-6-2-13-24(28)34-32(36)26-15-4-8-19-30(26)38-34/h1-20,25,29H. The van der Waals surface area contributed by atoms with Gasteiger partial charge in [-0.25, -0.2) is 0 Å². The summed E-state index contributed by atoms with van der Waals surface area (Å²) in [6.07, 6.45) is 9.14. The molecule has 4 heterocycles. The second-order valence-corrected chi connectivity index (χ2v) is 12.3. The van der Waals surface area contributed by atoms with Gasteiger partial charge in [0.05, 0.1) is 21.3 Å². The average Bonchev–Trinajstić information content (AvgIpc) is 3.70. The van der Waals surface area contributed by atoms with Gasteiger partial charge in [0, 0.05) is 54.0 Å². The lowest BCUT2D eigenvalue weighted by Crippen LogP contribution is -2.12. The maximum Gasteiger partial charge on any atom is 0.0727 e. The highest BCUT2D eigenvalue weighted by Crippen LogP contribution is 2.53. The lowest BCUT2D eigenvalue weighted by Gasteiger charge is -2.20. The smallest absolute Gasteiger partial charge is 0.0727 e. The SMILES string of the molecule is C1=CC2Sc3c(n(-c4cccc(-n5c6ccccc6c6sc7ccccc7c65)c4)c4ccccc34)C2C=C1. The zero-order valence-electron chi connectivity index (χ0n) is 20.4. The van der Waals surface area contributed by atoms with Crippen LogP contribution in [0.2, 0.25) is 0 Å². The summed E-state index contributed by atoms with van der Waals surface area (Å²) >= 11 is 3.91. The molecule has 2 unspecified atom stereocenters. The van der Waals surface area contributed by atoms with E-state index in [9.17, 15) is 0 Å². The van der Waals surface area contributed by atoms with Crippen LogP contribution in [-0.2, 0) is 0 Å². The van der Waals surface area contributed by atoms with Crippen LogP contribution in [0.1, 0.15) is 11.6 Å². The quantitative estimate of drug-likeness (QED) is 0.220. The first kappa shape index (κ1) is 21.0. The van der Waals surface area contributed by atoms with E-state index in [4.69, 9.17) is 0 Å². The Labute approximate surface area is 228 Å². The van der Waals surface area contributed by atoms with E-state index in [2.05, 4.69) is 131 Å². The first-order valence-electron chi connectivity index (χ1n) is 13.0. The number of nitrogens with zero attached hydrogens (tertiary/aromatic N) is 2. The van der Waals surface area contributed by atoms with Crippen LogP contribution in [0.4, 0.5) is 0 Å². The number of para-hydroxylation sites is 2. The molecule has 1 aliphatic carbocycles. The Hall–Kier alpha value is -3.99. The molecule has 2 nitrogen and oxygen atoms in total. The Bertz CT molecular complexity index is 2130. The number of rotatable bonds is 2. The minimum atomic E-state index is 0.385. The van der Waals surface area contributed by atoms with E-state index < -0.39 is 0 Å². The summed E-state index contributed by atoms with van der Waals surface area (Å²) in [7, 11) is 0. The molecule has 4 heteroatoms. The van der Waals surface area contributed by atoms with Crippen molar-refractivity contribution in [2.45, 2.75) is 16.1 Å². The molecule has 0 spiro atoms. The van der Waals surface area contributed by atoms with Gasteiger partial charge >= 0.3 is 0 Å². The van der Waals surface area contributed by atoms with Crippen molar-refractivity contribution in [1.29, 1.82) is 0 Å². The van der Waals surface area contributed by atoms with Gasteiger partial charge in [-0.1, -0.05) is 85.0 Å². The average molecular weight is 523 g/mol. The summed E-state index contributed by atoms with van der Waals surface area (Å²) in [5.41, 5.74) is 7.69. The lowest BCUT2D eigenvalue weighted by atomic mass is 9.96. The zero-order valence-corrected chi connectivity index (χ0v) is 22.0. The fourth-order valence-corrected chi connectivity index (χ4v) is 9.15. The normalized spacial score (nSPS) is 18.2. The van der Waals surface area contributed by atoms with E-state index in [-0.39, 0.29) is 0 Å². The van der Waals surface area contributed by atoms with Crippen LogP contribution >= 0.6 is 23.1 Å². The minimum Gasteiger partial charge on any atom is -0.312 e. The summed E-state index contributed by atoms with van der Waals surface area (Å²) in [6.45, 7) is 0. The molecule has 0 fully saturated rings. The Morgan fingerprint density at radius 1 is 0.605 bits per heavy atom. The largest absolute Gasteiger partial charge is 0.312 e. The van der Waals surface area contributed by atoms with E-state index >= 15 is 0 Å². The molecule has 0 radical (unpaired) electrons. The van der Waals surface area contributed by atoms with Crippen molar-refractivity contribution in [3.05, 3.63) is 127 Å². The fourth-order valence-electron chi connectivity index (χ4n) is 6.47. The van der Waals surface area contributed by atoms with Gasteiger partial charge in [0.15, 0.2) is 0 Å². The second kappa shape index (κ2) is 7.76. The van der Waals surface area contributed by atoms with Crippen LogP contribution in [0.3, 0.4) is 0 Å². The Kier molecular flexibility index (Phi) is 4.29. The summed E-state index contributed by atoms with van der Waals surface area (Å²) in [4.78, 5) is 1.43. The highest BCUT2D eigenvalue weighted by Gasteiger charge is 2.36. The highest BCUT2D eigenvalue weighted by atomic mass is 32.2. The van der Waals surface area contributed by atoms with E-state index in [0.29, 0.717) is 11.2 Å². The number of benzene rings is 4. The van der Waals surface area contributed by atoms with Crippen molar-refractivity contribution < 1.29 is 0 Å². The van der Waals surface area contributed by atoms with Crippen LogP contribution in [0.5, 0.6) is 0 Å². The molecule has 38 heavy (non-hydrogen) atoms. The first-order chi connectivity index (χ1) is 18.9. The summed E-state index contributed by atoms with van der Waals surface area (Å²) in [5.74, 6) is 0.385. The summed E-state index contributed by atoms with van der Waals surface area (Å²) < 4.78 is 7.68. The number of aromatic nitrogens is 2. The van der Waals surface area contributed by atoms with Gasteiger partial charge in [-0.05, 0) is 36.4 Å². The second-order valence-electron chi connectivity index (χ2n) is 10.1. The minimum absolute atomic E-state index is 0.385. The highest BCUT2D eigenvalue weighted by molar-refractivity contribution is 8.00. The van der Waals surface area contributed by atoms with Crippen LogP contribution in [0.25, 0.3) is 53.5 Å². The van der Waals surface area contributed by atoms with Gasteiger partial charge in [0.25, 0.3) is 0 Å². The number of hydrogen-bond acceptors (Lipinski definition) is 2. The Morgan fingerprint density at radius 3 is 2.16 bits per heavy atom. The van der Waals surface area contributed by atoms with Crippen molar-refractivity contribution in [2.24, 2.45) is 0 Å². The van der Waals surface area contributed by atoms with E-state index in [1.165, 1.54) is 64.1 Å². The molecular weight excluding hydrogens is 501 g/mol. The first-order valence-corrected chi connectivity index (χ1v) is 14.7. The molecule has 4 aromatic carbocycles. The van der Waals surface area contributed by atoms with Crippen molar-refractivity contribution in [3.63, 3.8) is 0 Å². The van der Waals surface area contributed by atoms with E-state index in [0.717, 1.165) is 0 Å². The van der Waals surface area contributed by atoms with Crippen LogP contribution in [-0.4, -0.2) is 14.4 Å². The molecule has 0 bridgehead atoms. The summed E-state index contributed by atoms with van der Waals surface area (Å²) in [6, 6.07) is 35.6. The molecule has 9 rings (SSSR count). The number of hydrogen-bond donors (Lipinski definition) is 0. The predicted molar refractivity (Wildman–Crippen MR) is 164 cm³/mol. The fraction of sp³-hybridized carbons (Fsp3) is 0.0588. The molecule has 2 aliphatic rings. The molecule has 7 aromatic rings. The number of thiophene rings is 1. The van der Waals surface area contributed by atoms with Gasteiger partial charge in [-0.2, -0.15) is 0 Å². The molecule has 0 saturated carbocycles. The predicted octanol–water partition coefficient (Wildman–Crippen LogP) is 9.63. The van der Waals surface area contributed by atoms with Crippen molar-refractivity contribution >= 4 is 65.2 Å². The topological polar surface area (TPSA) is 9.86 Å². The Morgan fingerprint density at radius 2 is 1.29 bits per heavy atom. The van der Waals surface area contributed by atoms with Gasteiger partial charge in [0.2, 0.25) is 0 Å². The lowest BCUT2D eigenvalue weighted by molar-refractivity contribution is 0.810. The third kappa shape index (κ3) is 2.74. The van der Waals surface area contributed by atoms with Crippen molar-refractivity contribution in [3.8, 4) is 11.4 Å². The third-order valence-electron chi connectivity index (χ3n) is 8.05. The zero-order chi connectivity index (χ0) is 24.8. The van der Waals surface area contributed by atoms with Crippen molar-refractivity contribution in [2.75, 3.05) is 0 Å². The molecule has 0 N–H and O–H groups in total. The number of allylic oxidation sites excluding steroid dienone is 3. The maximum absolute atomic E-state index is 2.52.